The van der Waals surface area contributed by atoms with E-state index in [-0.39, 0.29) is 0 Å². The van der Waals surface area contributed by atoms with E-state index in [2.05, 4.69) is 34.5 Å². The minimum atomic E-state index is 0.657. The standard InChI is InChI=1S/C19H26N4O/c1-22(17-11-14-7-8-15(12-17)21-14)13-16-9-10-20-23(16)18-5-3-4-6-19(18)24-2/h3-6,9-10,14-15,17,21H,7-8,11-13H2,1-2H3. The van der Waals surface area contributed by atoms with E-state index in [1.54, 1.807) is 7.11 Å². The van der Waals surface area contributed by atoms with Crippen LogP contribution in [0, 0.1) is 0 Å². The second kappa shape index (κ2) is 6.57. The van der Waals surface area contributed by atoms with Gasteiger partial charge < -0.3 is 10.1 Å². The highest BCUT2D eigenvalue weighted by atomic mass is 16.5. The quantitative estimate of drug-likeness (QED) is 0.917. The van der Waals surface area contributed by atoms with Crippen molar-refractivity contribution in [3.05, 3.63) is 42.2 Å². The number of nitrogens with zero attached hydrogens (tertiary/aromatic N) is 3. The molecule has 0 saturated carbocycles. The Morgan fingerprint density at radius 1 is 1.21 bits per heavy atom. The van der Waals surface area contributed by atoms with Gasteiger partial charge in [0.05, 0.1) is 12.8 Å². The van der Waals surface area contributed by atoms with Gasteiger partial charge in [0.15, 0.2) is 0 Å². The van der Waals surface area contributed by atoms with E-state index in [4.69, 9.17) is 4.74 Å². The molecule has 1 N–H and O–H groups in total. The zero-order valence-corrected chi connectivity index (χ0v) is 14.5. The molecule has 2 fully saturated rings. The van der Waals surface area contributed by atoms with Crippen LogP contribution in [0.2, 0.25) is 0 Å². The molecule has 5 nitrogen and oxygen atoms in total. The van der Waals surface area contributed by atoms with Crippen LogP contribution in [0.3, 0.4) is 0 Å². The average Bonchev–Trinajstić information content (AvgIpc) is 3.20. The molecular formula is C19H26N4O. The van der Waals surface area contributed by atoms with Gasteiger partial charge in [0.1, 0.15) is 11.4 Å². The van der Waals surface area contributed by atoms with Crippen molar-refractivity contribution in [2.45, 2.75) is 50.4 Å². The van der Waals surface area contributed by atoms with Gasteiger partial charge in [-0.15, -0.1) is 0 Å². The van der Waals surface area contributed by atoms with Crippen LogP contribution in [0.1, 0.15) is 31.4 Å². The highest BCUT2D eigenvalue weighted by Gasteiger charge is 2.35. The Morgan fingerprint density at radius 3 is 2.71 bits per heavy atom. The van der Waals surface area contributed by atoms with Gasteiger partial charge in [-0.2, -0.15) is 5.10 Å². The van der Waals surface area contributed by atoms with E-state index < -0.39 is 0 Å². The SMILES string of the molecule is COc1ccccc1-n1nccc1CN(C)C1CC2CCC(C1)N2. The normalized spacial score (nSPS) is 26.0. The van der Waals surface area contributed by atoms with Crippen molar-refractivity contribution < 1.29 is 4.74 Å². The number of aromatic nitrogens is 2. The van der Waals surface area contributed by atoms with E-state index in [1.807, 2.05) is 29.1 Å². The van der Waals surface area contributed by atoms with Crippen LogP contribution in [-0.2, 0) is 6.54 Å². The first-order valence-electron chi connectivity index (χ1n) is 8.87. The first kappa shape index (κ1) is 15.7. The number of methoxy groups -OCH3 is 1. The number of rotatable bonds is 5. The molecule has 1 aromatic heterocycles. The van der Waals surface area contributed by atoms with Crippen LogP contribution < -0.4 is 10.1 Å². The maximum Gasteiger partial charge on any atom is 0.144 e. The largest absolute Gasteiger partial charge is 0.494 e. The van der Waals surface area contributed by atoms with Crippen molar-refractivity contribution >= 4 is 0 Å². The van der Waals surface area contributed by atoms with Crippen LogP contribution in [0.25, 0.3) is 5.69 Å². The fourth-order valence-corrected chi connectivity index (χ4v) is 4.24. The van der Waals surface area contributed by atoms with Crippen LogP contribution in [0.15, 0.2) is 36.5 Å². The van der Waals surface area contributed by atoms with Gasteiger partial charge >= 0.3 is 0 Å². The molecule has 3 heterocycles. The lowest BCUT2D eigenvalue weighted by atomic mass is 9.98. The van der Waals surface area contributed by atoms with Gasteiger partial charge in [0, 0.05) is 30.9 Å². The lowest BCUT2D eigenvalue weighted by molar-refractivity contribution is 0.163. The first-order chi connectivity index (χ1) is 11.7. The van der Waals surface area contributed by atoms with Crippen molar-refractivity contribution in [2.24, 2.45) is 0 Å². The monoisotopic (exact) mass is 326 g/mol. The van der Waals surface area contributed by atoms with E-state index in [1.165, 1.54) is 31.4 Å². The van der Waals surface area contributed by atoms with E-state index in [9.17, 15) is 0 Å². The molecule has 24 heavy (non-hydrogen) atoms. The molecular weight excluding hydrogens is 300 g/mol. The summed E-state index contributed by atoms with van der Waals surface area (Å²) in [5, 5.41) is 8.26. The van der Waals surface area contributed by atoms with Crippen LogP contribution >= 0.6 is 0 Å². The van der Waals surface area contributed by atoms with Gasteiger partial charge in [0.25, 0.3) is 0 Å². The maximum absolute atomic E-state index is 5.50. The van der Waals surface area contributed by atoms with Crippen LogP contribution in [0.4, 0.5) is 0 Å². The predicted octanol–water partition coefficient (Wildman–Crippen LogP) is 2.60. The Hall–Kier alpha value is -1.85. The molecule has 0 amide bonds. The molecule has 2 aliphatic heterocycles. The molecule has 2 bridgehead atoms. The average molecular weight is 326 g/mol. The van der Waals surface area contributed by atoms with Gasteiger partial charge in [-0.1, -0.05) is 12.1 Å². The molecule has 0 radical (unpaired) electrons. The van der Waals surface area contributed by atoms with Crippen molar-refractivity contribution in [3.8, 4) is 11.4 Å². The predicted molar refractivity (Wildman–Crippen MR) is 94.6 cm³/mol. The molecule has 2 saturated heterocycles. The summed E-state index contributed by atoms with van der Waals surface area (Å²) in [7, 11) is 3.95. The van der Waals surface area contributed by atoms with Crippen molar-refractivity contribution in [1.82, 2.24) is 20.0 Å². The summed E-state index contributed by atoms with van der Waals surface area (Å²) in [6.45, 7) is 0.905. The van der Waals surface area contributed by atoms with Crippen LogP contribution in [0.5, 0.6) is 5.75 Å². The Bertz CT molecular complexity index is 686. The highest BCUT2D eigenvalue weighted by molar-refractivity contribution is 5.46. The Kier molecular flexibility index (Phi) is 4.29. The van der Waals surface area contributed by atoms with E-state index in [0.717, 1.165) is 30.1 Å². The third-order valence-corrected chi connectivity index (χ3v) is 5.52. The molecule has 2 aliphatic rings. The zero-order chi connectivity index (χ0) is 16.5. The summed E-state index contributed by atoms with van der Waals surface area (Å²) in [6, 6.07) is 12.3. The number of fused-ring (bicyclic) bond motifs is 2. The first-order valence-corrected chi connectivity index (χ1v) is 8.87. The van der Waals surface area contributed by atoms with Crippen molar-refractivity contribution in [2.75, 3.05) is 14.2 Å². The molecule has 0 aliphatic carbocycles. The summed E-state index contributed by atoms with van der Waals surface area (Å²) in [5.74, 6) is 0.852. The molecule has 1 aromatic carbocycles. The van der Waals surface area contributed by atoms with Crippen molar-refractivity contribution in [1.29, 1.82) is 0 Å². The molecule has 2 unspecified atom stereocenters. The summed E-state index contributed by atoms with van der Waals surface area (Å²) in [6.07, 6.45) is 7.08. The van der Waals surface area contributed by atoms with Crippen molar-refractivity contribution in [3.63, 3.8) is 0 Å². The number of benzene rings is 1. The number of hydrogen-bond acceptors (Lipinski definition) is 4. The van der Waals surface area contributed by atoms with E-state index in [0.29, 0.717) is 6.04 Å². The van der Waals surface area contributed by atoms with Crippen LogP contribution in [-0.4, -0.2) is 47.0 Å². The lowest BCUT2D eigenvalue weighted by Gasteiger charge is -2.35. The second-order valence-corrected chi connectivity index (χ2v) is 7.08. The third kappa shape index (κ3) is 2.94. The molecule has 2 atom stereocenters. The number of nitrogens with one attached hydrogen (secondary N) is 1. The summed E-state index contributed by atoms with van der Waals surface area (Å²) in [5.41, 5.74) is 2.20. The second-order valence-electron chi connectivity index (χ2n) is 7.08. The maximum atomic E-state index is 5.50. The minimum Gasteiger partial charge on any atom is -0.494 e. The van der Waals surface area contributed by atoms with Gasteiger partial charge in [-0.3, -0.25) is 4.90 Å². The molecule has 4 rings (SSSR count). The fourth-order valence-electron chi connectivity index (χ4n) is 4.24. The van der Waals surface area contributed by atoms with Gasteiger partial charge in [0.2, 0.25) is 0 Å². The summed E-state index contributed by atoms with van der Waals surface area (Å²) < 4.78 is 7.50. The third-order valence-electron chi connectivity index (χ3n) is 5.52. The number of para-hydroxylation sites is 2. The smallest absolute Gasteiger partial charge is 0.144 e. The minimum absolute atomic E-state index is 0.657. The summed E-state index contributed by atoms with van der Waals surface area (Å²) in [4.78, 5) is 2.50. The fraction of sp³-hybridized carbons (Fsp3) is 0.526. The Balaban J connectivity index is 1.52. The Morgan fingerprint density at radius 2 is 1.96 bits per heavy atom. The number of hydrogen-bond donors (Lipinski definition) is 1. The van der Waals surface area contributed by atoms with E-state index >= 15 is 0 Å². The Labute approximate surface area is 143 Å². The zero-order valence-electron chi connectivity index (χ0n) is 14.5. The van der Waals surface area contributed by atoms with Gasteiger partial charge in [-0.25, -0.2) is 4.68 Å². The molecule has 128 valence electrons. The highest BCUT2D eigenvalue weighted by Crippen LogP contribution is 2.30. The molecule has 5 heteroatoms. The lowest BCUT2D eigenvalue weighted by Crippen LogP contribution is -2.46. The topological polar surface area (TPSA) is 42.3 Å². The molecule has 0 spiro atoms. The molecule has 2 aromatic rings. The number of piperidine rings is 1. The summed E-state index contributed by atoms with van der Waals surface area (Å²) >= 11 is 0. The number of ether oxygens (including phenoxy) is 1. The van der Waals surface area contributed by atoms with Gasteiger partial charge in [-0.05, 0) is 50.9 Å².